The van der Waals surface area contributed by atoms with Crippen molar-refractivity contribution < 1.29 is 4.79 Å². The summed E-state index contributed by atoms with van der Waals surface area (Å²) in [6, 6.07) is 0. The molecule has 0 aliphatic carbocycles. The predicted molar refractivity (Wildman–Crippen MR) is 50.8 cm³/mol. The van der Waals surface area contributed by atoms with Crippen LogP contribution >= 0.6 is 0 Å². The van der Waals surface area contributed by atoms with Crippen LogP contribution in [0.3, 0.4) is 0 Å². The van der Waals surface area contributed by atoms with E-state index in [1.807, 2.05) is 20.8 Å². The third kappa shape index (κ3) is 5.13. The summed E-state index contributed by atoms with van der Waals surface area (Å²) in [6.07, 6.45) is 1.50. The minimum absolute atomic E-state index is 0.0716. The summed E-state index contributed by atoms with van der Waals surface area (Å²) in [4.78, 5) is 11.2. The highest BCUT2D eigenvalue weighted by molar-refractivity contribution is 5.76. The van der Waals surface area contributed by atoms with E-state index >= 15 is 0 Å². The van der Waals surface area contributed by atoms with E-state index < -0.39 is 0 Å². The van der Waals surface area contributed by atoms with Crippen molar-refractivity contribution in [2.24, 2.45) is 11.1 Å². The van der Waals surface area contributed by atoms with Crippen molar-refractivity contribution in [2.75, 3.05) is 13.1 Å². The Morgan fingerprint density at radius 2 is 2.08 bits per heavy atom. The van der Waals surface area contributed by atoms with E-state index in [-0.39, 0.29) is 11.3 Å². The highest BCUT2D eigenvalue weighted by Gasteiger charge is 2.19. The first-order valence-corrected chi connectivity index (χ1v) is 4.48. The minimum atomic E-state index is -0.0716. The van der Waals surface area contributed by atoms with Crippen molar-refractivity contribution >= 4 is 5.91 Å². The molecule has 3 nitrogen and oxygen atoms in total. The molecule has 0 heterocycles. The molecule has 0 bridgehead atoms. The molecule has 3 N–H and O–H groups in total. The molecule has 0 aromatic heterocycles. The third-order valence-corrected chi connectivity index (χ3v) is 1.76. The Kier molecular flexibility index (Phi) is 4.90. The smallest absolute Gasteiger partial charge is 0.220 e. The molecular formula is C9H20N2O. The Morgan fingerprint density at radius 1 is 1.50 bits per heavy atom. The highest BCUT2D eigenvalue weighted by atomic mass is 16.1. The van der Waals surface area contributed by atoms with Crippen molar-refractivity contribution in [3.05, 3.63) is 0 Å². The van der Waals surface area contributed by atoms with Gasteiger partial charge in [0.05, 0.1) is 0 Å². The second-order valence-corrected chi connectivity index (χ2v) is 3.90. The quantitative estimate of drug-likeness (QED) is 0.647. The molecule has 0 atom stereocenters. The van der Waals surface area contributed by atoms with Crippen molar-refractivity contribution in [2.45, 2.75) is 33.6 Å². The molecule has 0 saturated carbocycles. The molecule has 0 aromatic rings. The van der Waals surface area contributed by atoms with Crippen LogP contribution < -0.4 is 11.1 Å². The van der Waals surface area contributed by atoms with E-state index in [9.17, 15) is 4.79 Å². The van der Waals surface area contributed by atoms with Gasteiger partial charge in [-0.15, -0.1) is 0 Å². The van der Waals surface area contributed by atoms with Crippen LogP contribution in [0.25, 0.3) is 0 Å². The van der Waals surface area contributed by atoms with E-state index in [1.165, 1.54) is 0 Å². The van der Waals surface area contributed by atoms with Crippen LogP contribution in [0.2, 0.25) is 0 Å². The average Bonchev–Trinajstić information content (AvgIpc) is 2.00. The van der Waals surface area contributed by atoms with E-state index in [0.29, 0.717) is 13.0 Å². The summed E-state index contributed by atoms with van der Waals surface area (Å²) < 4.78 is 0. The Balaban J connectivity index is 3.68. The number of hydrogen-bond acceptors (Lipinski definition) is 2. The predicted octanol–water partition coefficient (Wildman–Crippen LogP) is 0.888. The van der Waals surface area contributed by atoms with Gasteiger partial charge < -0.3 is 11.1 Å². The Morgan fingerprint density at radius 3 is 2.50 bits per heavy atom. The fourth-order valence-electron chi connectivity index (χ4n) is 0.834. The maximum Gasteiger partial charge on any atom is 0.220 e. The van der Waals surface area contributed by atoms with E-state index in [4.69, 9.17) is 5.73 Å². The second-order valence-electron chi connectivity index (χ2n) is 3.90. The van der Waals surface area contributed by atoms with Crippen LogP contribution in [-0.4, -0.2) is 19.0 Å². The molecule has 1 amide bonds. The van der Waals surface area contributed by atoms with Crippen LogP contribution in [0, 0.1) is 5.41 Å². The molecule has 0 radical (unpaired) electrons. The van der Waals surface area contributed by atoms with Gasteiger partial charge in [-0.2, -0.15) is 0 Å². The van der Waals surface area contributed by atoms with Crippen LogP contribution in [0.1, 0.15) is 33.6 Å². The average molecular weight is 172 g/mol. The number of nitrogens with two attached hydrogens (primary N) is 1. The number of nitrogens with one attached hydrogen (secondary N) is 1. The fraction of sp³-hybridized carbons (Fsp3) is 0.889. The normalized spacial score (nSPS) is 11.3. The minimum Gasteiger partial charge on any atom is -0.356 e. The first-order valence-electron chi connectivity index (χ1n) is 4.48. The molecule has 0 aromatic carbocycles. The van der Waals surface area contributed by atoms with E-state index in [1.54, 1.807) is 0 Å². The Hall–Kier alpha value is -0.570. The van der Waals surface area contributed by atoms with Crippen LogP contribution in [-0.2, 0) is 4.79 Å². The lowest BCUT2D eigenvalue weighted by Crippen LogP contribution is -2.33. The zero-order valence-corrected chi connectivity index (χ0v) is 8.31. The second kappa shape index (κ2) is 5.14. The van der Waals surface area contributed by atoms with Gasteiger partial charge >= 0.3 is 0 Å². The summed E-state index contributed by atoms with van der Waals surface area (Å²) in [7, 11) is 0. The van der Waals surface area contributed by atoms with Crippen molar-refractivity contribution in [3.8, 4) is 0 Å². The van der Waals surface area contributed by atoms with Gasteiger partial charge in [-0.1, -0.05) is 20.8 Å². The number of rotatable bonds is 5. The number of hydrogen-bond donors (Lipinski definition) is 2. The number of carbonyl (C=O) groups excluding carboxylic acids is 1. The summed E-state index contributed by atoms with van der Waals surface area (Å²) in [5.41, 5.74) is 5.43. The van der Waals surface area contributed by atoms with E-state index in [2.05, 4.69) is 5.32 Å². The maximum absolute atomic E-state index is 11.2. The summed E-state index contributed by atoms with van der Waals surface area (Å²) >= 11 is 0. The lowest BCUT2D eigenvalue weighted by atomic mass is 9.89. The molecule has 0 aliphatic heterocycles. The Bertz CT molecular complexity index is 143. The largest absolute Gasteiger partial charge is 0.356 e. The molecule has 12 heavy (non-hydrogen) atoms. The van der Waals surface area contributed by atoms with Gasteiger partial charge in [-0.3, -0.25) is 4.79 Å². The van der Waals surface area contributed by atoms with Gasteiger partial charge in [0, 0.05) is 13.0 Å². The molecule has 0 rings (SSSR count). The van der Waals surface area contributed by atoms with Gasteiger partial charge in [0.2, 0.25) is 5.91 Å². The standard InChI is InChI=1S/C9H20N2O/c1-4-5-11-8(12)6-9(2,3)7-10/h4-7,10H2,1-3H3,(H,11,12). The maximum atomic E-state index is 11.2. The zero-order chi connectivity index (χ0) is 9.61. The lowest BCUT2D eigenvalue weighted by Gasteiger charge is -2.21. The molecule has 0 unspecified atom stereocenters. The zero-order valence-electron chi connectivity index (χ0n) is 8.31. The van der Waals surface area contributed by atoms with Gasteiger partial charge in [-0.25, -0.2) is 0 Å². The lowest BCUT2D eigenvalue weighted by molar-refractivity contribution is -0.122. The van der Waals surface area contributed by atoms with Crippen molar-refractivity contribution in [3.63, 3.8) is 0 Å². The summed E-state index contributed by atoms with van der Waals surface area (Å²) in [5.74, 6) is 0.104. The molecule has 3 heteroatoms. The highest BCUT2D eigenvalue weighted by Crippen LogP contribution is 2.17. The van der Waals surface area contributed by atoms with Gasteiger partial charge in [0.25, 0.3) is 0 Å². The number of amides is 1. The fourth-order valence-corrected chi connectivity index (χ4v) is 0.834. The molecular weight excluding hydrogens is 152 g/mol. The van der Waals surface area contributed by atoms with Crippen molar-refractivity contribution in [1.82, 2.24) is 5.32 Å². The molecule has 0 fully saturated rings. The van der Waals surface area contributed by atoms with Gasteiger partial charge in [-0.05, 0) is 18.4 Å². The van der Waals surface area contributed by atoms with Crippen LogP contribution in [0.5, 0.6) is 0 Å². The molecule has 0 aliphatic rings. The molecule has 0 saturated heterocycles. The molecule has 0 spiro atoms. The topological polar surface area (TPSA) is 55.1 Å². The number of carbonyl (C=O) groups is 1. The van der Waals surface area contributed by atoms with Gasteiger partial charge in [0.1, 0.15) is 0 Å². The van der Waals surface area contributed by atoms with Crippen LogP contribution in [0.4, 0.5) is 0 Å². The van der Waals surface area contributed by atoms with E-state index in [0.717, 1.165) is 13.0 Å². The Labute approximate surface area is 74.7 Å². The first-order chi connectivity index (χ1) is 5.52. The summed E-state index contributed by atoms with van der Waals surface area (Å²) in [5, 5.41) is 2.83. The SMILES string of the molecule is CCCNC(=O)CC(C)(C)CN. The molecule has 72 valence electrons. The monoisotopic (exact) mass is 172 g/mol. The third-order valence-electron chi connectivity index (χ3n) is 1.76. The van der Waals surface area contributed by atoms with Gasteiger partial charge in [0.15, 0.2) is 0 Å². The van der Waals surface area contributed by atoms with Crippen molar-refractivity contribution in [1.29, 1.82) is 0 Å². The summed E-state index contributed by atoms with van der Waals surface area (Å²) in [6.45, 7) is 7.34. The van der Waals surface area contributed by atoms with Crippen LogP contribution in [0.15, 0.2) is 0 Å². The first kappa shape index (κ1) is 11.4.